The zero-order valence-corrected chi connectivity index (χ0v) is 13.6. The van der Waals surface area contributed by atoms with Crippen LogP contribution in [0.1, 0.15) is 30.6 Å². The Kier molecular flexibility index (Phi) is 5.58. The second-order valence-electron chi connectivity index (χ2n) is 4.59. The number of nitrogens with zero attached hydrogens (tertiary/aromatic N) is 3. The van der Waals surface area contributed by atoms with E-state index in [2.05, 4.69) is 27.2 Å². The lowest BCUT2D eigenvalue weighted by Crippen LogP contribution is -2.06. The summed E-state index contributed by atoms with van der Waals surface area (Å²) in [6.07, 6.45) is 1.03. The van der Waals surface area contributed by atoms with E-state index < -0.39 is 0 Å². The molecule has 0 radical (unpaired) electrons. The Hall–Kier alpha value is -1.60. The van der Waals surface area contributed by atoms with Crippen LogP contribution in [0, 0.1) is 13.8 Å². The third kappa shape index (κ3) is 4.44. The normalized spacial score (nSPS) is 10.9. The Labute approximate surface area is 128 Å². The highest BCUT2D eigenvalue weighted by Gasteiger charge is 2.11. The minimum atomic E-state index is 0.374. The predicted molar refractivity (Wildman–Crippen MR) is 81.6 cm³/mol. The molecule has 0 aliphatic rings. The molecule has 0 fully saturated rings. The van der Waals surface area contributed by atoms with Crippen LogP contribution in [0.4, 0.5) is 5.82 Å². The van der Waals surface area contributed by atoms with Crippen LogP contribution in [0.15, 0.2) is 20.7 Å². The van der Waals surface area contributed by atoms with E-state index in [4.69, 9.17) is 9.15 Å². The molecule has 2 heterocycles. The summed E-state index contributed by atoms with van der Waals surface area (Å²) in [4.78, 5) is 13.2. The maximum absolute atomic E-state index is 5.58. The van der Waals surface area contributed by atoms with E-state index in [0.717, 1.165) is 35.3 Å². The molecule has 114 valence electrons. The summed E-state index contributed by atoms with van der Waals surface area (Å²) in [6, 6.07) is 1.90. The zero-order valence-electron chi connectivity index (χ0n) is 12.8. The highest BCUT2D eigenvalue weighted by Crippen LogP contribution is 2.28. The molecule has 7 heteroatoms. The number of methoxy groups -OCH3 is 1. The molecule has 0 aliphatic carbocycles. The first-order valence-electron chi connectivity index (χ1n) is 6.85. The van der Waals surface area contributed by atoms with Crippen LogP contribution in [-0.2, 0) is 11.3 Å². The number of aryl methyl sites for hydroxylation is 2. The van der Waals surface area contributed by atoms with Crippen molar-refractivity contribution in [1.29, 1.82) is 0 Å². The smallest absolute Gasteiger partial charge is 0.262 e. The van der Waals surface area contributed by atoms with E-state index in [0.29, 0.717) is 17.7 Å². The van der Waals surface area contributed by atoms with Crippen molar-refractivity contribution in [2.75, 3.05) is 19.0 Å². The summed E-state index contributed by atoms with van der Waals surface area (Å²) in [5.74, 6) is 2.26. The van der Waals surface area contributed by atoms with Crippen LogP contribution in [0.25, 0.3) is 0 Å². The van der Waals surface area contributed by atoms with Crippen LogP contribution in [0.2, 0.25) is 0 Å². The molecule has 6 nitrogen and oxygen atoms in total. The van der Waals surface area contributed by atoms with Crippen molar-refractivity contribution < 1.29 is 9.15 Å². The molecule has 2 rings (SSSR count). The molecule has 0 bridgehead atoms. The molecule has 0 unspecified atom stereocenters. The maximum atomic E-state index is 5.58. The third-order valence-electron chi connectivity index (χ3n) is 2.78. The van der Waals surface area contributed by atoms with E-state index in [1.54, 1.807) is 7.11 Å². The highest BCUT2D eigenvalue weighted by atomic mass is 32.2. The molecule has 0 aromatic carbocycles. The molecular weight excluding hydrogens is 288 g/mol. The summed E-state index contributed by atoms with van der Waals surface area (Å²) >= 11 is 1.39. The minimum Gasteiger partial charge on any atom is -0.436 e. The van der Waals surface area contributed by atoms with E-state index in [1.807, 2.05) is 19.9 Å². The highest BCUT2D eigenvalue weighted by molar-refractivity contribution is 7.99. The lowest BCUT2D eigenvalue weighted by Gasteiger charge is -2.08. The number of ether oxygens (including phenoxy) is 1. The van der Waals surface area contributed by atoms with Crippen molar-refractivity contribution in [1.82, 2.24) is 15.0 Å². The number of hydrogen-bond acceptors (Lipinski definition) is 7. The largest absolute Gasteiger partial charge is 0.436 e. The number of rotatable bonds is 7. The van der Waals surface area contributed by atoms with Gasteiger partial charge in [-0.3, -0.25) is 0 Å². The molecular formula is C14H20N4O2S. The fraction of sp³-hybridized carbons (Fsp3) is 0.500. The first-order chi connectivity index (χ1) is 10.1. The van der Waals surface area contributed by atoms with E-state index in [9.17, 15) is 0 Å². The van der Waals surface area contributed by atoms with Gasteiger partial charge in [-0.15, -0.1) is 0 Å². The van der Waals surface area contributed by atoms with Gasteiger partial charge in [-0.1, -0.05) is 6.92 Å². The molecule has 0 saturated heterocycles. The molecule has 0 saturated carbocycles. The fourth-order valence-corrected chi connectivity index (χ4v) is 2.49. The standard InChI is InChI=1S/C14H20N4O2S/c1-5-6-15-11-7-13(18-12(17-11)8-19-4)21-14-16-9(2)10(3)20-14/h7H,5-6,8H2,1-4H3,(H,15,17,18). The molecule has 2 aromatic rings. The van der Waals surface area contributed by atoms with Crippen molar-refractivity contribution >= 4 is 17.6 Å². The van der Waals surface area contributed by atoms with Crippen molar-refractivity contribution in [2.24, 2.45) is 0 Å². The third-order valence-corrected chi connectivity index (χ3v) is 3.55. The summed E-state index contributed by atoms with van der Waals surface area (Å²) in [5.41, 5.74) is 0.896. The van der Waals surface area contributed by atoms with Crippen molar-refractivity contribution in [2.45, 2.75) is 44.0 Å². The first kappa shape index (κ1) is 15.8. The van der Waals surface area contributed by atoms with Gasteiger partial charge in [-0.05, 0) is 32.0 Å². The molecule has 21 heavy (non-hydrogen) atoms. The molecule has 2 aromatic heterocycles. The van der Waals surface area contributed by atoms with Gasteiger partial charge in [-0.25, -0.2) is 15.0 Å². The van der Waals surface area contributed by atoms with Crippen LogP contribution < -0.4 is 5.32 Å². The zero-order chi connectivity index (χ0) is 15.2. The van der Waals surface area contributed by atoms with Crippen LogP contribution in [-0.4, -0.2) is 28.6 Å². The van der Waals surface area contributed by atoms with E-state index in [1.165, 1.54) is 11.8 Å². The van der Waals surface area contributed by atoms with Gasteiger partial charge in [0.05, 0.1) is 5.69 Å². The summed E-state index contributed by atoms with van der Waals surface area (Å²) in [6.45, 7) is 7.17. The Morgan fingerprint density at radius 2 is 2.10 bits per heavy atom. The Bertz CT molecular complexity index is 581. The summed E-state index contributed by atoms with van der Waals surface area (Å²) in [7, 11) is 1.63. The molecule has 0 amide bonds. The number of oxazole rings is 1. The number of hydrogen-bond donors (Lipinski definition) is 1. The van der Waals surface area contributed by atoms with Crippen molar-refractivity contribution in [3.63, 3.8) is 0 Å². The topological polar surface area (TPSA) is 73.1 Å². The molecule has 1 N–H and O–H groups in total. The van der Waals surface area contributed by atoms with Crippen molar-refractivity contribution in [3.05, 3.63) is 23.3 Å². The summed E-state index contributed by atoms with van der Waals surface area (Å²) < 4.78 is 10.7. The Balaban J connectivity index is 2.21. The average molecular weight is 308 g/mol. The van der Waals surface area contributed by atoms with Gasteiger partial charge in [0.25, 0.3) is 5.22 Å². The first-order valence-corrected chi connectivity index (χ1v) is 7.66. The van der Waals surface area contributed by atoms with Gasteiger partial charge >= 0.3 is 0 Å². The van der Waals surface area contributed by atoms with Crippen LogP contribution in [0.3, 0.4) is 0 Å². The van der Waals surface area contributed by atoms with Crippen LogP contribution >= 0.6 is 11.8 Å². The van der Waals surface area contributed by atoms with Gasteiger partial charge in [-0.2, -0.15) is 0 Å². The fourth-order valence-electron chi connectivity index (χ4n) is 1.64. The SMILES string of the molecule is CCCNc1cc(Sc2nc(C)c(C)o2)nc(COC)n1. The number of aromatic nitrogens is 3. The Morgan fingerprint density at radius 3 is 2.71 bits per heavy atom. The summed E-state index contributed by atoms with van der Waals surface area (Å²) in [5, 5.41) is 4.64. The maximum Gasteiger partial charge on any atom is 0.262 e. The van der Waals surface area contributed by atoms with E-state index in [-0.39, 0.29) is 0 Å². The van der Waals surface area contributed by atoms with Crippen molar-refractivity contribution in [3.8, 4) is 0 Å². The second kappa shape index (κ2) is 7.42. The molecule has 0 spiro atoms. The lowest BCUT2D eigenvalue weighted by atomic mass is 10.4. The quantitative estimate of drug-likeness (QED) is 0.787. The molecule has 0 atom stereocenters. The monoisotopic (exact) mass is 308 g/mol. The van der Waals surface area contributed by atoms with Crippen LogP contribution in [0.5, 0.6) is 0 Å². The minimum absolute atomic E-state index is 0.374. The lowest BCUT2D eigenvalue weighted by molar-refractivity contribution is 0.177. The van der Waals surface area contributed by atoms with Gasteiger partial charge < -0.3 is 14.5 Å². The van der Waals surface area contributed by atoms with Gasteiger partial charge in [0, 0.05) is 19.7 Å². The van der Waals surface area contributed by atoms with E-state index >= 15 is 0 Å². The van der Waals surface area contributed by atoms with Gasteiger partial charge in [0.1, 0.15) is 23.2 Å². The van der Waals surface area contributed by atoms with Gasteiger partial charge in [0.2, 0.25) is 0 Å². The predicted octanol–water partition coefficient (Wildman–Crippen LogP) is 3.20. The Morgan fingerprint density at radius 1 is 1.29 bits per heavy atom. The number of anilines is 1. The van der Waals surface area contributed by atoms with Gasteiger partial charge in [0.15, 0.2) is 5.82 Å². The molecule has 0 aliphatic heterocycles. The second-order valence-corrected chi connectivity index (χ2v) is 5.56. The average Bonchev–Trinajstić information content (AvgIpc) is 2.75. The number of nitrogens with one attached hydrogen (secondary N) is 1.